The van der Waals surface area contributed by atoms with Crippen molar-refractivity contribution in [2.75, 3.05) is 26.2 Å². The first-order valence-corrected chi connectivity index (χ1v) is 6.48. The molecule has 0 fully saturated rings. The highest BCUT2D eigenvalue weighted by atomic mass is 127. The molecule has 4 nitrogen and oxygen atoms in total. The molecule has 6 heteroatoms. The second-order valence-corrected chi connectivity index (χ2v) is 4.15. The van der Waals surface area contributed by atoms with Gasteiger partial charge in [-0.05, 0) is 38.1 Å². The van der Waals surface area contributed by atoms with Gasteiger partial charge in [-0.3, -0.25) is 0 Å². The van der Waals surface area contributed by atoms with Crippen LogP contribution < -0.4 is 10.5 Å². The van der Waals surface area contributed by atoms with Crippen molar-refractivity contribution in [1.82, 2.24) is 4.90 Å². The first-order valence-electron chi connectivity index (χ1n) is 6.10. The highest BCUT2D eigenvalue weighted by Gasteiger charge is 2.01. The van der Waals surface area contributed by atoms with Gasteiger partial charge in [0.15, 0.2) is 5.96 Å². The van der Waals surface area contributed by atoms with Crippen molar-refractivity contribution in [1.29, 1.82) is 0 Å². The summed E-state index contributed by atoms with van der Waals surface area (Å²) in [5.74, 6) is 1.36. The van der Waals surface area contributed by atoms with Gasteiger partial charge in [-0.2, -0.15) is 0 Å². The first-order chi connectivity index (χ1) is 8.67. The molecule has 0 saturated heterocycles. The van der Waals surface area contributed by atoms with Crippen LogP contribution in [0.1, 0.15) is 13.8 Å². The molecule has 0 aromatic heterocycles. The summed E-state index contributed by atoms with van der Waals surface area (Å²) in [5, 5.41) is 0.700. The van der Waals surface area contributed by atoms with E-state index in [4.69, 9.17) is 22.1 Å². The summed E-state index contributed by atoms with van der Waals surface area (Å²) in [4.78, 5) is 6.27. The van der Waals surface area contributed by atoms with Crippen molar-refractivity contribution in [3.05, 3.63) is 29.3 Å². The fourth-order valence-electron chi connectivity index (χ4n) is 1.50. The second kappa shape index (κ2) is 10.1. The number of nitrogens with zero attached hydrogens (tertiary/aromatic N) is 2. The quantitative estimate of drug-likeness (QED) is 0.347. The van der Waals surface area contributed by atoms with E-state index in [-0.39, 0.29) is 24.0 Å². The minimum Gasteiger partial charge on any atom is -0.492 e. The SMILES string of the molecule is CCN(CC)C(N)=NCCOc1ccc(Cl)cc1.I. The van der Waals surface area contributed by atoms with Crippen molar-refractivity contribution in [3.8, 4) is 5.75 Å². The van der Waals surface area contributed by atoms with Gasteiger partial charge >= 0.3 is 0 Å². The maximum atomic E-state index is 5.84. The molecule has 0 aliphatic carbocycles. The summed E-state index contributed by atoms with van der Waals surface area (Å²) in [7, 11) is 0. The van der Waals surface area contributed by atoms with Gasteiger partial charge in [0.25, 0.3) is 0 Å². The van der Waals surface area contributed by atoms with Gasteiger partial charge in [0, 0.05) is 18.1 Å². The summed E-state index contributed by atoms with van der Waals surface area (Å²) in [6.07, 6.45) is 0. The largest absolute Gasteiger partial charge is 0.492 e. The molecule has 108 valence electrons. The Labute approximate surface area is 137 Å². The van der Waals surface area contributed by atoms with E-state index in [1.54, 1.807) is 12.1 Å². The normalized spacial score (nSPS) is 10.8. The maximum Gasteiger partial charge on any atom is 0.191 e. The van der Waals surface area contributed by atoms with E-state index in [0.717, 1.165) is 18.8 Å². The Bertz CT molecular complexity index is 380. The lowest BCUT2D eigenvalue weighted by Gasteiger charge is -2.19. The van der Waals surface area contributed by atoms with Crippen LogP contribution in [-0.4, -0.2) is 37.1 Å². The standard InChI is InChI=1S/C13H20ClN3O.HI/c1-3-17(4-2)13(15)16-9-10-18-12-7-5-11(14)6-8-12;/h5-8H,3-4,9-10H2,1-2H3,(H2,15,16);1H. The molecule has 2 N–H and O–H groups in total. The molecule has 0 aliphatic heterocycles. The van der Waals surface area contributed by atoms with E-state index >= 15 is 0 Å². The zero-order valence-corrected chi connectivity index (χ0v) is 14.4. The van der Waals surface area contributed by atoms with Gasteiger partial charge in [-0.25, -0.2) is 4.99 Å². The minimum atomic E-state index is 0. The molecule has 0 amide bonds. The van der Waals surface area contributed by atoms with Gasteiger partial charge in [0.1, 0.15) is 12.4 Å². The number of benzene rings is 1. The molecule has 0 spiro atoms. The van der Waals surface area contributed by atoms with Crippen LogP contribution in [0.2, 0.25) is 5.02 Å². The zero-order chi connectivity index (χ0) is 13.4. The Hall–Kier alpha value is -0.690. The smallest absolute Gasteiger partial charge is 0.191 e. The number of halogens is 2. The Morgan fingerprint density at radius 3 is 2.37 bits per heavy atom. The third kappa shape index (κ3) is 6.87. The molecule has 1 aromatic rings. The van der Waals surface area contributed by atoms with Gasteiger partial charge in [-0.1, -0.05) is 11.6 Å². The highest BCUT2D eigenvalue weighted by molar-refractivity contribution is 14.0. The lowest BCUT2D eigenvalue weighted by atomic mass is 10.3. The number of hydrogen-bond donors (Lipinski definition) is 1. The molecule has 1 aromatic carbocycles. The summed E-state index contributed by atoms with van der Waals surface area (Å²) in [6.45, 7) is 6.88. The molecule has 0 saturated carbocycles. The number of aliphatic imine (C=N–C) groups is 1. The van der Waals surface area contributed by atoms with Crippen molar-refractivity contribution in [3.63, 3.8) is 0 Å². The van der Waals surface area contributed by atoms with E-state index in [1.165, 1.54) is 0 Å². The monoisotopic (exact) mass is 397 g/mol. The molecule has 0 aliphatic rings. The third-order valence-electron chi connectivity index (χ3n) is 2.53. The molecular weight excluding hydrogens is 377 g/mol. The fourth-order valence-corrected chi connectivity index (χ4v) is 1.63. The van der Waals surface area contributed by atoms with Crippen molar-refractivity contribution in [2.45, 2.75) is 13.8 Å². The van der Waals surface area contributed by atoms with E-state index in [1.807, 2.05) is 17.0 Å². The van der Waals surface area contributed by atoms with E-state index < -0.39 is 0 Å². The number of rotatable bonds is 6. The van der Waals surface area contributed by atoms with Crippen molar-refractivity contribution in [2.24, 2.45) is 10.7 Å². The average Bonchev–Trinajstić information content (AvgIpc) is 2.38. The van der Waals surface area contributed by atoms with Crippen LogP contribution in [0.4, 0.5) is 0 Å². The molecular formula is C13H21ClIN3O. The predicted molar refractivity (Wildman–Crippen MR) is 91.8 cm³/mol. The summed E-state index contributed by atoms with van der Waals surface area (Å²) in [6, 6.07) is 7.26. The Kier molecular flexibility index (Phi) is 9.77. The topological polar surface area (TPSA) is 50.8 Å². The third-order valence-corrected chi connectivity index (χ3v) is 2.79. The summed E-state index contributed by atoms with van der Waals surface area (Å²) < 4.78 is 5.52. The Morgan fingerprint density at radius 1 is 1.26 bits per heavy atom. The molecule has 19 heavy (non-hydrogen) atoms. The molecule has 0 radical (unpaired) electrons. The average molecular weight is 398 g/mol. The van der Waals surface area contributed by atoms with Crippen molar-refractivity contribution < 1.29 is 4.74 Å². The van der Waals surface area contributed by atoms with E-state index in [9.17, 15) is 0 Å². The van der Waals surface area contributed by atoms with Crippen molar-refractivity contribution >= 4 is 41.5 Å². The number of hydrogen-bond acceptors (Lipinski definition) is 2. The number of ether oxygens (including phenoxy) is 1. The lowest BCUT2D eigenvalue weighted by molar-refractivity contribution is 0.327. The first kappa shape index (κ1) is 18.3. The summed E-state index contributed by atoms with van der Waals surface area (Å²) >= 11 is 5.78. The van der Waals surface area contributed by atoms with Gasteiger partial charge in [0.2, 0.25) is 0 Å². The fraction of sp³-hybridized carbons (Fsp3) is 0.462. The van der Waals surface area contributed by atoms with Crippen LogP contribution in [-0.2, 0) is 0 Å². The van der Waals surface area contributed by atoms with Gasteiger partial charge in [0.05, 0.1) is 6.54 Å². The molecule has 0 unspecified atom stereocenters. The van der Waals surface area contributed by atoms with Gasteiger partial charge in [-0.15, -0.1) is 24.0 Å². The second-order valence-electron chi connectivity index (χ2n) is 3.71. The predicted octanol–water partition coefficient (Wildman–Crippen LogP) is 2.99. The van der Waals surface area contributed by atoms with E-state index in [2.05, 4.69) is 18.8 Å². The van der Waals surface area contributed by atoms with E-state index in [0.29, 0.717) is 24.1 Å². The van der Waals surface area contributed by atoms with Crippen LogP contribution in [0.5, 0.6) is 5.75 Å². The highest BCUT2D eigenvalue weighted by Crippen LogP contribution is 2.15. The lowest BCUT2D eigenvalue weighted by Crippen LogP contribution is -2.37. The minimum absolute atomic E-state index is 0. The molecule has 1 rings (SSSR count). The number of guanidine groups is 1. The Balaban J connectivity index is 0.00000324. The van der Waals surface area contributed by atoms with Crippen LogP contribution in [0, 0.1) is 0 Å². The van der Waals surface area contributed by atoms with Crippen LogP contribution in [0.3, 0.4) is 0 Å². The molecule has 0 heterocycles. The van der Waals surface area contributed by atoms with Gasteiger partial charge < -0.3 is 15.4 Å². The Morgan fingerprint density at radius 2 is 1.84 bits per heavy atom. The maximum absolute atomic E-state index is 5.84. The van der Waals surface area contributed by atoms with Crippen LogP contribution >= 0.6 is 35.6 Å². The zero-order valence-electron chi connectivity index (χ0n) is 11.3. The molecule has 0 bridgehead atoms. The summed E-state index contributed by atoms with van der Waals surface area (Å²) in [5.41, 5.74) is 5.84. The number of nitrogens with two attached hydrogens (primary N) is 1. The van der Waals surface area contributed by atoms with Crippen LogP contribution in [0.15, 0.2) is 29.3 Å². The molecule has 0 atom stereocenters. The van der Waals surface area contributed by atoms with Crippen LogP contribution in [0.25, 0.3) is 0 Å².